The van der Waals surface area contributed by atoms with Crippen molar-refractivity contribution >= 4 is 28.9 Å². The van der Waals surface area contributed by atoms with Crippen LogP contribution in [0.3, 0.4) is 0 Å². The second-order valence-electron chi connectivity index (χ2n) is 4.05. The molecule has 0 amide bonds. The van der Waals surface area contributed by atoms with Gasteiger partial charge in [-0.05, 0) is 42.3 Å². The van der Waals surface area contributed by atoms with E-state index in [9.17, 15) is 10.1 Å². The fourth-order valence-electron chi connectivity index (χ4n) is 1.77. The summed E-state index contributed by atoms with van der Waals surface area (Å²) in [5.74, 6) is 0.587. The van der Waals surface area contributed by atoms with E-state index in [1.807, 2.05) is 6.92 Å². The molecule has 0 aliphatic heterocycles. The summed E-state index contributed by atoms with van der Waals surface area (Å²) in [5.41, 5.74) is 0.663. The van der Waals surface area contributed by atoms with Gasteiger partial charge in [0.05, 0.1) is 4.92 Å². The van der Waals surface area contributed by atoms with Crippen LogP contribution in [0.2, 0.25) is 10.0 Å². The molecule has 4 nitrogen and oxygen atoms in total. The number of aryl methyl sites for hydroxylation is 1. The molecule has 20 heavy (non-hydrogen) atoms. The van der Waals surface area contributed by atoms with Crippen molar-refractivity contribution in [1.29, 1.82) is 0 Å². The van der Waals surface area contributed by atoms with Crippen molar-refractivity contribution in [2.45, 2.75) is 13.3 Å². The monoisotopic (exact) mass is 311 g/mol. The first-order chi connectivity index (χ1) is 9.52. The maximum Gasteiger partial charge on any atom is 0.329 e. The lowest BCUT2D eigenvalue weighted by Crippen LogP contribution is -1.95. The Morgan fingerprint density at radius 2 is 1.95 bits per heavy atom. The highest BCUT2D eigenvalue weighted by atomic mass is 35.5. The largest absolute Gasteiger partial charge is 0.450 e. The van der Waals surface area contributed by atoms with Gasteiger partial charge in [0.2, 0.25) is 5.75 Å². The zero-order chi connectivity index (χ0) is 14.7. The minimum Gasteiger partial charge on any atom is -0.450 e. The molecule has 0 saturated carbocycles. The number of ether oxygens (including phenoxy) is 1. The van der Waals surface area contributed by atoms with Gasteiger partial charge in [-0.1, -0.05) is 36.2 Å². The molecule has 0 unspecified atom stereocenters. The number of halogens is 2. The Bertz CT molecular complexity index is 659. The number of para-hydroxylation sites is 1. The SMILES string of the molecule is CCc1cc(Oc2cccc(Cl)c2[N+](=O)[O-])ccc1Cl. The summed E-state index contributed by atoms with van der Waals surface area (Å²) >= 11 is 11.9. The Morgan fingerprint density at radius 3 is 2.60 bits per heavy atom. The van der Waals surface area contributed by atoms with E-state index in [0.717, 1.165) is 12.0 Å². The van der Waals surface area contributed by atoms with E-state index in [4.69, 9.17) is 27.9 Å². The fourth-order valence-corrected chi connectivity index (χ4v) is 2.25. The van der Waals surface area contributed by atoms with Crippen LogP contribution in [0.4, 0.5) is 5.69 Å². The lowest BCUT2D eigenvalue weighted by molar-refractivity contribution is -0.385. The van der Waals surface area contributed by atoms with Gasteiger partial charge in [-0.2, -0.15) is 0 Å². The Morgan fingerprint density at radius 1 is 1.20 bits per heavy atom. The van der Waals surface area contributed by atoms with Gasteiger partial charge in [-0.15, -0.1) is 0 Å². The standard InChI is InChI=1S/C14H11Cl2NO3/c1-2-9-8-10(6-7-11(9)15)20-13-5-3-4-12(16)14(13)17(18)19/h3-8H,2H2,1H3. The first-order valence-corrected chi connectivity index (χ1v) is 6.67. The van der Waals surface area contributed by atoms with Gasteiger partial charge in [0.1, 0.15) is 10.8 Å². The molecule has 0 fully saturated rings. The quantitative estimate of drug-likeness (QED) is 0.572. The van der Waals surface area contributed by atoms with E-state index >= 15 is 0 Å². The average Bonchev–Trinajstić information content (AvgIpc) is 2.40. The van der Waals surface area contributed by atoms with Crippen LogP contribution in [0.15, 0.2) is 36.4 Å². The second kappa shape index (κ2) is 6.11. The zero-order valence-corrected chi connectivity index (χ0v) is 12.1. The highest BCUT2D eigenvalue weighted by Gasteiger charge is 2.20. The topological polar surface area (TPSA) is 52.4 Å². The number of nitrogens with zero attached hydrogens (tertiary/aromatic N) is 1. The molecule has 2 rings (SSSR count). The highest BCUT2D eigenvalue weighted by Crippen LogP contribution is 2.37. The van der Waals surface area contributed by atoms with Crippen molar-refractivity contribution in [3.63, 3.8) is 0 Å². The van der Waals surface area contributed by atoms with E-state index in [0.29, 0.717) is 10.8 Å². The molecule has 6 heteroatoms. The third-order valence-electron chi connectivity index (χ3n) is 2.76. The smallest absolute Gasteiger partial charge is 0.329 e. The molecule has 0 aromatic heterocycles. The van der Waals surface area contributed by atoms with E-state index in [2.05, 4.69) is 0 Å². The molecule has 0 heterocycles. The van der Waals surface area contributed by atoms with Crippen LogP contribution in [-0.2, 0) is 6.42 Å². The number of hydrogen-bond acceptors (Lipinski definition) is 3. The molecule has 0 aliphatic rings. The normalized spacial score (nSPS) is 10.3. The summed E-state index contributed by atoms with van der Waals surface area (Å²) in [6.07, 6.45) is 0.744. The molecule has 0 bridgehead atoms. The fraction of sp³-hybridized carbons (Fsp3) is 0.143. The molecule has 0 spiro atoms. The minimum atomic E-state index is -0.561. The molecule has 0 aliphatic carbocycles. The summed E-state index contributed by atoms with van der Waals surface area (Å²) in [6, 6.07) is 9.67. The number of benzene rings is 2. The Kier molecular flexibility index (Phi) is 4.47. The molecule has 104 valence electrons. The van der Waals surface area contributed by atoms with Crippen LogP contribution in [0, 0.1) is 10.1 Å². The predicted octanol–water partition coefficient (Wildman–Crippen LogP) is 5.26. The van der Waals surface area contributed by atoms with Gasteiger partial charge in [-0.25, -0.2) is 0 Å². The Balaban J connectivity index is 2.40. The lowest BCUT2D eigenvalue weighted by Gasteiger charge is -2.09. The zero-order valence-electron chi connectivity index (χ0n) is 10.6. The van der Waals surface area contributed by atoms with Gasteiger partial charge in [-0.3, -0.25) is 10.1 Å². The third-order valence-corrected chi connectivity index (χ3v) is 3.43. The molecule has 2 aromatic rings. The van der Waals surface area contributed by atoms with Crippen molar-refractivity contribution in [2.24, 2.45) is 0 Å². The summed E-state index contributed by atoms with van der Waals surface area (Å²) in [7, 11) is 0. The summed E-state index contributed by atoms with van der Waals surface area (Å²) < 4.78 is 5.56. The number of nitro benzene ring substituents is 1. The average molecular weight is 312 g/mol. The van der Waals surface area contributed by atoms with Crippen LogP contribution in [0.5, 0.6) is 11.5 Å². The van der Waals surface area contributed by atoms with Gasteiger partial charge in [0, 0.05) is 5.02 Å². The van der Waals surface area contributed by atoms with Crippen molar-refractivity contribution in [1.82, 2.24) is 0 Å². The van der Waals surface area contributed by atoms with Crippen LogP contribution >= 0.6 is 23.2 Å². The van der Waals surface area contributed by atoms with Gasteiger partial charge in [0.15, 0.2) is 0 Å². The van der Waals surface area contributed by atoms with E-state index in [1.54, 1.807) is 24.3 Å². The van der Waals surface area contributed by atoms with Gasteiger partial charge in [0.25, 0.3) is 0 Å². The van der Waals surface area contributed by atoms with Crippen molar-refractivity contribution in [3.8, 4) is 11.5 Å². The summed E-state index contributed by atoms with van der Waals surface area (Å²) in [5, 5.41) is 11.7. The van der Waals surface area contributed by atoms with E-state index in [1.165, 1.54) is 12.1 Å². The Hall–Kier alpha value is -1.78. The van der Waals surface area contributed by atoms with Crippen molar-refractivity contribution in [3.05, 3.63) is 62.1 Å². The molecular formula is C14H11Cl2NO3. The maximum absolute atomic E-state index is 11.0. The van der Waals surface area contributed by atoms with Gasteiger partial charge < -0.3 is 4.74 Å². The molecule has 0 atom stereocenters. The highest BCUT2D eigenvalue weighted by molar-refractivity contribution is 6.33. The molecular weight excluding hydrogens is 301 g/mol. The number of hydrogen-bond donors (Lipinski definition) is 0. The first kappa shape index (κ1) is 14.6. The lowest BCUT2D eigenvalue weighted by atomic mass is 10.1. The van der Waals surface area contributed by atoms with Crippen molar-refractivity contribution in [2.75, 3.05) is 0 Å². The molecule has 0 radical (unpaired) electrons. The predicted molar refractivity (Wildman–Crippen MR) is 79.0 cm³/mol. The first-order valence-electron chi connectivity index (χ1n) is 5.92. The van der Waals surface area contributed by atoms with E-state index < -0.39 is 4.92 Å². The number of rotatable bonds is 4. The van der Waals surface area contributed by atoms with Crippen LogP contribution < -0.4 is 4.74 Å². The third kappa shape index (κ3) is 3.03. The van der Waals surface area contributed by atoms with Crippen LogP contribution in [0.1, 0.15) is 12.5 Å². The summed E-state index contributed by atoms with van der Waals surface area (Å²) in [6.45, 7) is 1.97. The summed E-state index contributed by atoms with van der Waals surface area (Å²) in [4.78, 5) is 10.5. The van der Waals surface area contributed by atoms with Crippen LogP contribution in [-0.4, -0.2) is 4.92 Å². The maximum atomic E-state index is 11.0. The van der Waals surface area contributed by atoms with E-state index in [-0.39, 0.29) is 16.5 Å². The molecule has 0 saturated heterocycles. The van der Waals surface area contributed by atoms with Crippen molar-refractivity contribution < 1.29 is 9.66 Å². The second-order valence-corrected chi connectivity index (χ2v) is 4.87. The molecule has 2 aromatic carbocycles. The van der Waals surface area contributed by atoms with Crippen LogP contribution in [0.25, 0.3) is 0 Å². The minimum absolute atomic E-state index is 0.0391. The Labute approximate surface area is 126 Å². The van der Waals surface area contributed by atoms with Gasteiger partial charge >= 0.3 is 5.69 Å². The molecule has 0 N–H and O–H groups in total. The number of nitro groups is 1.